The fourth-order valence-corrected chi connectivity index (χ4v) is 2.95. The van der Waals surface area contributed by atoms with Crippen LogP contribution < -0.4 is 10.2 Å². The molecule has 0 radical (unpaired) electrons. The van der Waals surface area contributed by atoms with Gasteiger partial charge in [0.15, 0.2) is 0 Å². The highest BCUT2D eigenvalue weighted by atomic mass is 19.4. The first-order valence-corrected chi connectivity index (χ1v) is 7.70. The molecule has 0 unspecified atom stereocenters. The lowest BCUT2D eigenvalue weighted by molar-refractivity contribution is -0.137. The molecule has 0 saturated heterocycles. The Bertz CT molecular complexity index is 931. The van der Waals surface area contributed by atoms with Crippen molar-refractivity contribution in [1.82, 2.24) is 0 Å². The standard InChI is InChI=1S/C18H13F4N3O/c1-10-2-5-16-12(13(10)9-23)6-7-25(16)17(26)24-15-8-11(18(20,21)22)3-4-14(15)19/h2-5,8H,6-7H2,1H3,(H,24,26). The maximum atomic E-state index is 13.8. The molecule has 0 spiro atoms. The van der Waals surface area contributed by atoms with E-state index >= 15 is 0 Å². The molecule has 26 heavy (non-hydrogen) atoms. The molecule has 0 saturated carbocycles. The predicted molar refractivity (Wildman–Crippen MR) is 87.4 cm³/mol. The highest BCUT2D eigenvalue weighted by Gasteiger charge is 2.32. The number of urea groups is 1. The number of nitrogens with zero attached hydrogens (tertiary/aromatic N) is 2. The Hall–Kier alpha value is -3.08. The van der Waals surface area contributed by atoms with Crippen molar-refractivity contribution >= 4 is 17.4 Å². The summed E-state index contributed by atoms with van der Waals surface area (Å²) < 4.78 is 52.2. The van der Waals surface area contributed by atoms with E-state index in [9.17, 15) is 27.6 Å². The second-order valence-electron chi connectivity index (χ2n) is 5.89. The van der Waals surface area contributed by atoms with Gasteiger partial charge in [-0.2, -0.15) is 18.4 Å². The van der Waals surface area contributed by atoms with Crippen molar-refractivity contribution in [2.45, 2.75) is 19.5 Å². The zero-order chi connectivity index (χ0) is 19.1. The van der Waals surface area contributed by atoms with Gasteiger partial charge in [0.1, 0.15) is 5.82 Å². The summed E-state index contributed by atoms with van der Waals surface area (Å²) in [4.78, 5) is 13.7. The first kappa shape index (κ1) is 17.7. The number of amides is 2. The number of alkyl halides is 3. The molecule has 1 aliphatic rings. The first-order chi connectivity index (χ1) is 12.2. The van der Waals surface area contributed by atoms with Gasteiger partial charge >= 0.3 is 12.2 Å². The van der Waals surface area contributed by atoms with E-state index in [1.54, 1.807) is 19.1 Å². The minimum Gasteiger partial charge on any atom is -0.305 e. The number of nitriles is 1. The average molecular weight is 363 g/mol. The van der Waals surface area contributed by atoms with E-state index in [0.29, 0.717) is 41.4 Å². The number of halogens is 4. The molecule has 0 aliphatic carbocycles. The highest BCUT2D eigenvalue weighted by Crippen LogP contribution is 2.34. The van der Waals surface area contributed by atoms with Crippen LogP contribution in [0, 0.1) is 24.1 Å². The van der Waals surface area contributed by atoms with Crippen LogP contribution in [0.4, 0.5) is 33.7 Å². The van der Waals surface area contributed by atoms with Gasteiger partial charge in [-0.15, -0.1) is 0 Å². The second-order valence-corrected chi connectivity index (χ2v) is 5.89. The Morgan fingerprint density at radius 3 is 2.65 bits per heavy atom. The topological polar surface area (TPSA) is 56.1 Å². The number of carbonyl (C=O) groups excluding carboxylic acids is 1. The van der Waals surface area contributed by atoms with Gasteiger partial charge < -0.3 is 5.32 Å². The van der Waals surface area contributed by atoms with E-state index in [2.05, 4.69) is 11.4 Å². The van der Waals surface area contributed by atoms with Crippen LogP contribution >= 0.6 is 0 Å². The van der Waals surface area contributed by atoms with Gasteiger partial charge in [-0.25, -0.2) is 9.18 Å². The van der Waals surface area contributed by atoms with Crippen molar-refractivity contribution < 1.29 is 22.4 Å². The fraction of sp³-hybridized carbons (Fsp3) is 0.222. The summed E-state index contributed by atoms with van der Waals surface area (Å²) in [5.41, 5.74) is 0.842. The number of nitrogens with one attached hydrogen (secondary N) is 1. The summed E-state index contributed by atoms with van der Waals surface area (Å²) in [6.07, 6.45) is -4.20. The number of hydrogen-bond acceptors (Lipinski definition) is 2. The molecule has 2 amide bonds. The van der Waals surface area contributed by atoms with Crippen LogP contribution in [0.25, 0.3) is 0 Å². The van der Waals surface area contributed by atoms with Gasteiger partial charge in [-0.05, 0) is 48.7 Å². The Balaban J connectivity index is 1.89. The maximum Gasteiger partial charge on any atom is 0.416 e. The third-order valence-electron chi connectivity index (χ3n) is 4.26. The van der Waals surface area contributed by atoms with Crippen LogP contribution in [0.15, 0.2) is 30.3 Å². The molecule has 1 N–H and O–H groups in total. The zero-order valence-corrected chi connectivity index (χ0v) is 13.6. The molecular formula is C18H13F4N3O. The Labute approximate surface area is 146 Å². The van der Waals surface area contributed by atoms with Crippen molar-refractivity contribution in [1.29, 1.82) is 5.26 Å². The van der Waals surface area contributed by atoms with Gasteiger partial charge in [-0.3, -0.25) is 4.90 Å². The first-order valence-electron chi connectivity index (χ1n) is 7.70. The Morgan fingerprint density at radius 2 is 2.00 bits per heavy atom. The van der Waals surface area contributed by atoms with Crippen molar-refractivity contribution in [2.24, 2.45) is 0 Å². The van der Waals surface area contributed by atoms with E-state index in [-0.39, 0.29) is 6.54 Å². The van der Waals surface area contributed by atoms with Crippen molar-refractivity contribution in [2.75, 3.05) is 16.8 Å². The number of rotatable bonds is 1. The minimum absolute atomic E-state index is 0.250. The third-order valence-corrected chi connectivity index (χ3v) is 4.26. The quantitative estimate of drug-likeness (QED) is 0.752. The summed E-state index contributed by atoms with van der Waals surface area (Å²) in [6, 6.07) is 6.52. The number of aryl methyl sites for hydroxylation is 1. The summed E-state index contributed by atoms with van der Waals surface area (Å²) in [5, 5.41) is 11.4. The maximum absolute atomic E-state index is 13.8. The van der Waals surface area contributed by atoms with Gasteiger partial charge in [0.2, 0.25) is 0 Å². The van der Waals surface area contributed by atoms with Crippen LogP contribution in [-0.2, 0) is 12.6 Å². The molecule has 0 bridgehead atoms. The number of hydrogen-bond donors (Lipinski definition) is 1. The monoisotopic (exact) mass is 363 g/mol. The molecule has 8 heteroatoms. The smallest absolute Gasteiger partial charge is 0.305 e. The summed E-state index contributed by atoms with van der Waals surface area (Å²) in [7, 11) is 0. The van der Waals surface area contributed by atoms with Crippen molar-refractivity contribution in [3.05, 3.63) is 58.4 Å². The van der Waals surface area contributed by atoms with E-state index in [4.69, 9.17) is 0 Å². The number of fused-ring (bicyclic) bond motifs is 1. The lowest BCUT2D eigenvalue weighted by Crippen LogP contribution is -2.33. The van der Waals surface area contributed by atoms with Gasteiger partial charge in [0.05, 0.1) is 28.6 Å². The molecule has 4 nitrogen and oxygen atoms in total. The minimum atomic E-state index is -4.65. The molecule has 2 aromatic carbocycles. The average Bonchev–Trinajstić information content (AvgIpc) is 2.99. The predicted octanol–water partition coefficient (Wildman–Crippen LogP) is 4.62. The van der Waals surface area contributed by atoms with Crippen LogP contribution in [0.3, 0.4) is 0 Å². The lowest BCUT2D eigenvalue weighted by Gasteiger charge is -2.19. The molecule has 3 rings (SSSR count). The van der Waals surface area contributed by atoms with Crippen LogP contribution in [-0.4, -0.2) is 12.6 Å². The number of benzene rings is 2. The number of carbonyl (C=O) groups is 1. The SMILES string of the molecule is Cc1ccc2c(c1C#N)CCN2C(=O)Nc1cc(C(F)(F)F)ccc1F. The van der Waals surface area contributed by atoms with Gasteiger partial charge in [0, 0.05) is 6.54 Å². The molecule has 0 aromatic heterocycles. The zero-order valence-electron chi connectivity index (χ0n) is 13.6. The van der Waals surface area contributed by atoms with E-state index in [1.165, 1.54) is 4.90 Å². The van der Waals surface area contributed by atoms with Crippen molar-refractivity contribution in [3.8, 4) is 6.07 Å². The molecule has 1 aliphatic heterocycles. The third kappa shape index (κ3) is 3.08. The second kappa shape index (κ2) is 6.33. The summed E-state index contributed by atoms with van der Waals surface area (Å²) in [5.74, 6) is -0.965. The van der Waals surface area contributed by atoms with E-state index in [0.717, 1.165) is 5.56 Å². The molecule has 134 valence electrons. The summed E-state index contributed by atoms with van der Waals surface area (Å²) >= 11 is 0. The largest absolute Gasteiger partial charge is 0.416 e. The highest BCUT2D eigenvalue weighted by molar-refractivity contribution is 6.03. The lowest BCUT2D eigenvalue weighted by atomic mass is 10.0. The van der Waals surface area contributed by atoms with Crippen LogP contribution in [0.2, 0.25) is 0 Å². The van der Waals surface area contributed by atoms with Crippen LogP contribution in [0.1, 0.15) is 22.3 Å². The molecule has 2 aromatic rings. The molecule has 1 heterocycles. The molecular weight excluding hydrogens is 350 g/mol. The molecule has 0 atom stereocenters. The van der Waals surface area contributed by atoms with E-state index in [1.807, 2.05) is 0 Å². The van der Waals surface area contributed by atoms with Crippen molar-refractivity contribution in [3.63, 3.8) is 0 Å². The Kier molecular flexibility index (Phi) is 4.32. The van der Waals surface area contributed by atoms with E-state index < -0.39 is 29.3 Å². The fourth-order valence-electron chi connectivity index (χ4n) is 2.95. The molecule has 0 fully saturated rings. The normalized spacial score (nSPS) is 13.3. The van der Waals surface area contributed by atoms with Gasteiger partial charge in [0.25, 0.3) is 0 Å². The van der Waals surface area contributed by atoms with Gasteiger partial charge in [-0.1, -0.05) is 6.07 Å². The summed E-state index contributed by atoms with van der Waals surface area (Å²) in [6.45, 7) is 2.03. The Morgan fingerprint density at radius 1 is 1.27 bits per heavy atom. The van der Waals surface area contributed by atoms with Crippen LogP contribution in [0.5, 0.6) is 0 Å². The number of anilines is 2.